The molecule has 0 bridgehead atoms. The van der Waals surface area contributed by atoms with Crippen molar-refractivity contribution < 1.29 is 33.3 Å². The number of hydrogen-bond acceptors (Lipinski definition) is 7. The molecule has 0 radical (unpaired) electrons. The van der Waals surface area contributed by atoms with Crippen LogP contribution in [-0.4, -0.2) is 40.4 Å². The molecule has 27 heavy (non-hydrogen) atoms. The number of carbonyl (C=O) groups is 2. The summed E-state index contributed by atoms with van der Waals surface area (Å²) in [6.45, 7) is 0. The Morgan fingerprint density at radius 2 is 1.67 bits per heavy atom. The third-order valence-corrected chi connectivity index (χ3v) is 4.57. The second-order valence-corrected chi connectivity index (χ2v) is 5.88. The Morgan fingerprint density at radius 1 is 0.963 bits per heavy atom. The molecule has 1 aliphatic rings. The van der Waals surface area contributed by atoms with Gasteiger partial charge in [-0.25, -0.2) is 0 Å². The van der Waals surface area contributed by atoms with E-state index in [2.05, 4.69) is 0 Å². The fourth-order valence-corrected chi connectivity index (χ4v) is 3.35. The topological polar surface area (TPSA) is 80.3 Å². The first-order valence-corrected chi connectivity index (χ1v) is 8.24. The van der Waals surface area contributed by atoms with Crippen LogP contribution in [0.4, 0.5) is 0 Å². The number of carbonyl (C=O) groups excluding carboxylic acids is 2. The van der Waals surface area contributed by atoms with Crippen molar-refractivity contribution in [2.24, 2.45) is 5.92 Å². The van der Waals surface area contributed by atoms with Crippen LogP contribution < -0.4 is 18.9 Å². The largest absolute Gasteiger partial charge is 0.496 e. The molecule has 0 amide bonds. The van der Waals surface area contributed by atoms with Gasteiger partial charge in [-0.15, -0.1) is 0 Å². The van der Waals surface area contributed by atoms with Crippen molar-refractivity contribution >= 4 is 11.9 Å². The fraction of sp³-hybridized carbons (Fsp3) is 0.300. The van der Waals surface area contributed by atoms with Crippen molar-refractivity contribution in [1.29, 1.82) is 0 Å². The number of esters is 2. The molecular weight excluding hydrogens is 352 g/mol. The Balaban J connectivity index is 2.32. The minimum atomic E-state index is -1.19. The highest BCUT2D eigenvalue weighted by molar-refractivity contribution is 5.99. The monoisotopic (exact) mass is 372 g/mol. The van der Waals surface area contributed by atoms with Crippen LogP contribution in [0.25, 0.3) is 0 Å². The van der Waals surface area contributed by atoms with Crippen LogP contribution in [0.15, 0.2) is 36.4 Å². The van der Waals surface area contributed by atoms with E-state index in [4.69, 9.17) is 23.7 Å². The van der Waals surface area contributed by atoms with Crippen molar-refractivity contribution in [1.82, 2.24) is 0 Å². The van der Waals surface area contributed by atoms with Gasteiger partial charge >= 0.3 is 11.9 Å². The molecular formula is C20H20O7. The molecule has 2 aromatic rings. The lowest BCUT2D eigenvalue weighted by molar-refractivity contribution is -0.157. The van der Waals surface area contributed by atoms with E-state index < -0.39 is 23.8 Å². The van der Waals surface area contributed by atoms with Gasteiger partial charge in [0.05, 0.1) is 28.4 Å². The van der Waals surface area contributed by atoms with E-state index in [0.29, 0.717) is 28.4 Å². The number of benzene rings is 2. The first-order chi connectivity index (χ1) is 13.0. The molecule has 0 aliphatic carbocycles. The average molecular weight is 372 g/mol. The zero-order valence-electron chi connectivity index (χ0n) is 15.5. The van der Waals surface area contributed by atoms with E-state index in [1.54, 1.807) is 24.3 Å². The Bertz CT molecular complexity index is 875. The van der Waals surface area contributed by atoms with Gasteiger partial charge in [0, 0.05) is 29.2 Å². The van der Waals surface area contributed by atoms with E-state index in [1.807, 2.05) is 12.1 Å². The SMILES string of the molecule is COC(=O)C1C(=O)Oc2cc(OC)cc(OC)c2C1c1ccccc1OC. The lowest BCUT2D eigenvalue weighted by Gasteiger charge is -2.32. The fourth-order valence-electron chi connectivity index (χ4n) is 3.35. The quantitative estimate of drug-likeness (QED) is 0.453. The van der Waals surface area contributed by atoms with E-state index in [0.717, 1.165) is 0 Å². The minimum Gasteiger partial charge on any atom is -0.496 e. The summed E-state index contributed by atoms with van der Waals surface area (Å²) in [7, 11) is 5.76. The zero-order valence-corrected chi connectivity index (χ0v) is 15.5. The third-order valence-electron chi connectivity index (χ3n) is 4.57. The highest BCUT2D eigenvalue weighted by Crippen LogP contribution is 2.50. The molecule has 0 aromatic heterocycles. The van der Waals surface area contributed by atoms with Crippen LogP contribution >= 0.6 is 0 Å². The number of fused-ring (bicyclic) bond motifs is 1. The maximum Gasteiger partial charge on any atom is 0.326 e. The van der Waals surface area contributed by atoms with Crippen LogP contribution in [0.2, 0.25) is 0 Å². The summed E-state index contributed by atoms with van der Waals surface area (Å²) >= 11 is 0. The molecule has 1 heterocycles. The van der Waals surface area contributed by atoms with Gasteiger partial charge in [-0.05, 0) is 6.07 Å². The lowest BCUT2D eigenvalue weighted by atomic mass is 9.77. The summed E-state index contributed by atoms with van der Waals surface area (Å²) in [5.74, 6) is -1.59. The molecule has 7 heteroatoms. The van der Waals surface area contributed by atoms with Gasteiger partial charge < -0.3 is 23.7 Å². The molecule has 142 valence electrons. The highest BCUT2D eigenvalue weighted by Gasteiger charge is 2.47. The lowest BCUT2D eigenvalue weighted by Crippen LogP contribution is -2.38. The van der Waals surface area contributed by atoms with Crippen molar-refractivity contribution in [2.75, 3.05) is 28.4 Å². The van der Waals surface area contributed by atoms with Crippen LogP contribution in [-0.2, 0) is 14.3 Å². The van der Waals surface area contributed by atoms with Crippen LogP contribution in [0.3, 0.4) is 0 Å². The normalized spacial score (nSPS) is 18.1. The summed E-state index contributed by atoms with van der Waals surface area (Å²) in [4.78, 5) is 25.2. The molecule has 1 aliphatic heterocycles. The molecule has 0 N–H and O–H groups in total. The number of hydrogen-bond donors (Lipinski definition) is 0. The van der Waals surface area contributed by atoms with Crippen molar-refractivity contribution in [2.45, 2.75) is 5.92 Å². The predicted molar refractivity (Wildman–Crippen MR) is 95.5 cm³/mol. The van der Waals surface area contributed by atoms with Gasteiger partial charge in [-0.1, -0.05) is 18.2 Å². The predicted octanol–water partition coefficient (Wildman–Crippen LogP) is 2.55. The Morgan fingerprint density at radius 3 is 2.30 bits per heavy atom. The first-order valence-electron chi connectivity index (χ1n) is 8.24. The third kappa shape index (κ3) is 3.16. The van der Waals surface area contributed by atoms with Crippen molar-refractivity contribution in [3.05, 3.63) is 47.5 Å². The second kappa shape index (κ2) is 7.57. The minimum absolute atomic E-state index is 0.271. The molecule has 7 nitrogen and oxygen atoms in total. The van der Waals surface area contributed by atoms with Gasteiger partial charge in [0.2, 0.25) is 0 Å². The molecule has 0 fully saturated rings. The Hall–Kier alpha value is -3.22. The second-order valence-electron chi connectivity index (χ2n) is 5.88. The van der Waals surface area contributed by atoms with Gasteiger partial charge in [0.15, 0.2) is 5.92 Å². The van der Waals surface area contributed by atoms with Crippen LogP contribution in [0.5, 0.6) is 23.0 Å². The number of para-hydroxylation sites is 1. The summed E-state index contributed by atoms with van der Waals surface area (Å²) in [5, 5.41) is 0. The van der Waals surface area contributed by atoms with Gasteiger partial charge in [0.1, 0.15) is 23.0 Å². The Kier molecular flexibility index (Phi) is 5.21. The van der Waals surface area contributed by atoms with Crippen molar-refractivity contribution in [3.8, 4) is 23.0 Å². The summed E-state index contributed by atoms with van der Waals surface area (Å²) < 4.78 is 26.5. The van der Waals surface area contributed by atoms with Gasteiger partial charge in [-0.3, -0.25) is 9.59 Å². The first kappa shape index (κ1) is 18.6. The molecule has 0 saturated carbocycles. The number of rotatable bonds is 5. The zero-order chi connectivity index (χ0) is 19.6. The smallest absolute Gasteiger partial charge is 0.326 e. The highest BCUT2D eigenvalue weighted by atomic mass is 16.6. The van der Waals surface area contributed by atoms with E-state index in [9.17, 15) is 9.59 Å². The summed E-state index contributed by atoms with van der Waals surface area (Å²) in [6, 6.07) is 10.4. The van der Waals surface area contributed by atoms with E-state index in [1.165, 1.54) is 28.4 Å². The Labute approximate surface area is 156 Å². The summed E-state index contributed by atoms with van der Waals surface area (Å²) in [6.07, 6.45) is 0. The molecule has 0 spiro atoms. The van der Waals surface area contributed by atoms with Crippen molar-refractivity contribution in [3.63, 3.8) is 0 Å². The molecule has 2 atom stereocenters. The average Bonchev–Trinajstić information content (AvgIpc) is 2.71. The standard InChI is InChI=1S/C20H20O7/c1-23-11-9-14(25-3)17-15(10-11)27-20(22)18(19(21)26-4)16(17)12-7-5-6-8-13(12)24-2/h5-10,16,18H,1-4H3. The number of ether oxygens (including phenoxy) is 5. The van der Waals surface area contributed by atoms with Crippen LogP contribution in [0.1, 0.15) is 17.0 Å². The molecule has 0 saturated heterocycles. The maximum atomic E-state index is 12.7. The van der Waals surface area contributed by atoms with Gasteiger partial charge in [-0.2, -0.15) is 0 Å². The summed E-state index contributed by atoms with van der Waals surface area (Å²) in [5.41, 5.74) is 1.20. The van der Waals surface area contributed by atoms with Crippen LogP contribution in [0, 0.1) is 5.92 Å². The number of methoxy groups -OCH3 is 4. The van der Waals surface area contributed by atoms with Gasteiger partial charge in [0.25, 0.3) is 0 Å². The molecule has 3 rings (SSSR count). The van der Waals surface area contributed by atoms with E-state index >= 15 is 0 Å². The molecule has 2 aromatic carbocycles. The maximum absolute atomic E-state index is 12.7. The van der Waals surface area contributed by atoms with E-state index in [-0.39, 0.29) is 5.75 Å². The molecule has 2 unspecified atom stereocenters.